The van der Waals surface area contributed by atoms with Gasteiger partial charge in [-0.05, 0) is 47.4 Å². The molecule has 1 heterocycles. The Morgan fingerprint density at radius 3 is 1.97 bits per heavy atom. The highest BCUT2D eigenvalue weighted by Crippen LogP contribution is 2.42. The molecule has 0 saturated heterocycles. The Morgan fingerprint density at radius 2 is 1.28 bits per heavy atom. The Balaban J connectivity index is 1.62. The van der Waals surface area contributed by atoms with Gasteiger partial charge in [0.2, 0.25) is 0 Å². The molecule has 4 nitrogen and oxygen atoms in total. The van der Waals surface area contributed by atoms with Crippen LogP contribution in [-0.2, 0) is 10.0 Å². The van der Waals surface area contributed by atoms with Crippen LogP contribution < -0.4 is 0 Å². The summed E-state index contributed by atoms with van der Waals surface area (Å²) in [6.07, 6.45) is 0. The molecule has 5 rings (SSSR count). The zero-order valence-electron chi connectivity index (χ0n) is 17.5. The van der Waals surface area contributed by atoms with Gasteiger partial charge in [-0.3, -0.25) is 4.79 Å². The molecule has 5 heteroatoms. The second kappa shape index (κ2) is 7.77. The van der Waals surface area contributed by atoms with Gasteiger partial charge in [-0.1, -0.05) is 90.5 Å². The largest absolute Gasteiger partial charge is 0.268 e. The van der Waals surface area contributed by atoms with Crippen molar-refractivity contribution < 1.29 is 13.2 Å². The molecule has 158 valence electrons. The van der Waals surface area contributed by atoms with E-state index in [4.69, 9.17) is 0 Å². The summed E-state index contributed by atoms with van der Waals surface area (Å²) < 4.78 is 28.2. The molecule has 1 aliphatic rings. The highest BCUT2D eigenvalue weighted by Gasteiger charge is 2.45. The fraction of sp³-hybridized carbons (Fsp3) is 0.0741. The average molecular weight is 440 g/mol. The van der Waals surface area contributed by atoms with E-state index in [-0.39, 0.29) is 4.90 Å². The van der Waals surface area contributed by atoms with Gasteiger partial charge >= 0.3 is 0 Å². The SMILES string of the molecule is Cc1ccc(S(=O)(=O)N2C(=O)c3ccccc3[C@@H]2c2ccc(-c3ccccc3)cc2)cc1. The van der Waals surface area contributed by atoms with Gasteiger partial charge in [-0.25, -0.2) is 12.7 Å². The molecule has 0 saturated carbocycles. The third kappa shape index (κ3) is 3.31. The number of amides is 1. The van der Waals surface area contributed by atoms with Gasteiger partial charge in [0.1, 0.15) is 0 Å². The first-order valence-electron chi connectivity index (χ1n) is 10.4. The quantitative estimate of drug-likeness (QED) is 0.416. The smallest absolute Gasteiger partial charge is 0.268 e. The van der Waals surface area contributed by atoms with E-state index >= 15 is 0 Å². The lowest BCUT2D eigenvalue weighted by Crippen LogP contribution is -2.35. The van der Waals surface area contributed by atoms with Gasteiger partial charge in [-0.15, -0.1) is 0 Å². The molecular weight excluding hydrogens is 418 g/mol. The number of aryl methyl sites for hydroxylation is 1. The molecule has 0 aromatic heterocycles. The van der Waals surface area contributed by atoms with Crippen molar-refractivity contribution in [2.24, 2.45) is 0 Å². The molecule has 0 N–H and O–H groups in total. The lowest BCUT2D eigenvalue weighted by atomic mass is 9.96. The number of benzene rings is 4. The Morgan fingerprint density at radius 1 is 0.688 bits per heavy atom. The third-order valence-corrected chi connectivity index (χ3v) is 7.59. The summed E-state index contributed by atoms with van der Waals surface area (Å²) >= 11 is 0. The van der Waals surface area contributed by atoms with Gasteiger partial charge in [0, 0.05) is 5.56 Å². The molecule has 1 atom stereocenters. The summed E-state index contributed by atoms with van der Waals surface area (Å²) in [5.41, 5.74) is 4.92. The van der Waals surface area contributed by atoms with E-state index in [1.807, 2.05) is 73.7 Å². The molecule has 0 unspecified atom stereocenters. The van der Waals surface area contributed by atoms with Crippen LogP contribution in [0.4, 0.5) is 0 Å². The van der Waals surface area contributed by atoms with Crippen LogP contribution in [0.2, 0.25) is 0 Å². The zero-order valence-corrected chi connectivity index (χ0v) is 18.3. The Bertz CT molecular complexity index is 1390. The molecule has 1 amide bonds. The normalized spacial score (nSPS) is 15.6. The Labute approximate surface area is 187 Å². The van der Waals surface area contributed by atoms with E-state index in [9.17, 15) is 13.2 Å². The van der Waals surface area contributed by atoms with Gasteiger partial charge < -0.3 is 0 Å². The molecule has 0 aliphatic carbocycles. The number of hydrogen-bond acceptors (Lipinski definition) is 3. The predicted octanol–water partition coefficient (Wildman–Crippen LogP) is 5.60. The second-order valence-corrected chi connectivity index (χ2v) is 9.71. The molecule has 0 radical (unpaired) electrons. The molecule has 0 spiro atoms. The zero-order chi connectivity index (χ0) is 22.3. The van der Waals surface area contributed by atoms with Crippen LogP contribution in [0.1, 0.15) is 33.1 Å². The lowest BCUT2D eigenvalue weighted by Gasteiger charge is -2.25. The number of hydrogen-bond donors (Lipinski definition) is 0. The maximum atomic E-state index is 13.6. The van der Waals surface area contributed by atoms with Crippen molar-refractivity contribution in [1.82, 2.24) is 4.31 Å². The minimum absolute atomic E-state index is 0.107. The van der Waals surface area contributed by atoms with E-state index in [2.05, 4.69) is 0 Å². The standard InChI is InChI=1S/C27H21NO3S/c1-19-11-17-23(18-12-19)32(30,31)28-26(24-9-5-6-10-25(24)27(28)29)22-15-13-21(14-16-22)20-7-3-2-4-8-20/h2-18,26H,1H3/t26-/m0/s1. The van der Waals surface area contributed by atoms with Crippen molar-refractivity contribution in [3.63, 3.8) is 0 Å². The van der Waals surface area contributed by atoms with Crippen LogP contribution in [0.15, 0.2) is 108 Å². The van der Waals surface area contributed by atoms with Crippen LogP contribution in [0.3, 0.4) is 0 Å². The molecular formula is C27H21NO3S. The minimum Gasteiger partial charge on any atom is -0.268 e. The van der Waals surface area contributed by atoms with E-state index in [1.165, 1.54) is 0 Å². The highest BCUT2D eigenvalue weighted by atomic mass is 32.2. The summed E-state index contributed by atoms with van der Waals surface area (Å²) in [4.78, 5) is 13.4. The summed E-state index contributed by atoms with van der Waals surface area (Å²) in [6, 6.07) is 30.7. The maximum Gasteiger partial charge on any atom is 0.268 e. The summed E-state index contributed by atoms with van der Waals surface area (Å²) in [7, 11) is -4.05. The van der Waals surface area contributed by atoms with E-state index in [0.717, 1.165) is 26.6 Å². The molecule has 0 fully saturated rings. The predicted molar refractivity (Wildman–Crippen MR) is 125 cm³/mol. The fourth-order valence-corrected chi connectivity index (χ4v) is 5.70. The fourth-order valence-electron chi connectivity index (χ4n) is 4.17. The number of carbonyl (C=O) groups excluding carboxylic acids is 1. The molecule has 4 aromatic carbocycles. The average Bonchev–Trinajstić information content (AvgIpc) is 3.13. The summed E-state index contributed by atoms with van der Waals surface area (Å²) in [6.45, 7) is 1.89. The number of sulfonamides is 1. The number of fused-ring (bicyclic) bond motifs is 1. The molecule has 32 heavy (non-hydrogen) atoms. The van der Waals surface area contributed by atoms with Crippen LogP contribution >= 0.6 is 0 Å². The van der Waals surface area contributed by atoms with Crippen molar-refractivity contribution in [3.05, 3.63) is 125 Å². The third-order valence-electron chi connectivity index (χ3n) is 5.83. The number of nitrogens with zero attached hydrogens (tertiary/aromatic N) is 1. The lowest BCUT2D eigenvalue weighted by molar-refractivity contribution is 0.0865. The van der Waals surface area contributed by atoms with Crippen molar-refractivity contribution in [1.29, 1.82) is 0 Å². The first kappa shape index (κ1) is 20.2. The van der Waals surface area contributed by atoms with E-state index in [1.54, 1.807) is 36.4 Å². The summed E-state index contributed by atoms with van der Waals surface area (Å²) in [5, 5.41) is 0. The van der Waals surface area contributed by atoms with Crippen molar-refractivity contribution in [2.75, 3.05) is 0 Å². The first-order valence-corrected chi connectivity index (χ1v) is 11.8. The van der Waals surface area contributed by atoms with Gasteiger partial charge in [0.25, 0.3) is 15.9 Å². The first-order chi connectivity index (χ1) is 15.5. The monoisotopic (exact) mass is 439 g/mol. The van der Waals surface area contributed by atoms with Gasteiger partial charge in [-0.2, -0.15) is 0 Å². The van der Waals surface area contributed by atoms with Crippen LogP contribution in [0, 0.1) is 6.92 Å². The van der Waals surface area contributed by atoms with Crippen LogP contribution in [-0.4, -0.2) is 18.6 Å². The van der Waals surface area contributed by atoms with Crippen LogP contribution in [0.5, 0.6) is 0 Å². The van der Waals surface area contributed by atoms with Gasteiger partial charge in [0.15, 0.2) is 0 Å². The highest BCUT2D eigenvalue weighted by molar-refractivity contribution is 7.89. The maximum absolute atomic E-state index is 13.6. The minimum atomic E-state index is -4.05. The molecule has 1 aliphatic heterocycles. The topological polar surface area (TPSA) is 54.5 Å². The van der Waals surface area contributed by atoms with E-state index < -0.39 is 22.0 Å². The molecule has 0 bridgehead atoms. The van der Waals surface area contributed by atoms with Crippen molar-refractivity contribution >= 4 is 15.9 Å². The van der Waals surface area contributed by atoms with Gasteiger partial charge in [0.05, 0.1) is 10.9 Å². The Hall–Kier alpha value is -3.70. The van der Waals surface area contributed by atoms with Crippen molar-refractivity contribution in [2.45, 2.75) is 17.9 Å². The number of rotatable bonds is 4. The van der Waals surface area contributed by atoms with E-state index in [0.29, 0.717) is 11.1 Å². The Kier molecular flexibility index (Phi) is 4.91. The number of carbonyl (C=O) groups is 1. The van der Waals surface area contributed by atoms with Crippen molar-refractivity contribution in [3.8, 4) is 11.1 Å². The summed E-state index contributed by atoms with van der Waals surface area (Å²) in [5.74, 6) is -0.502. The molecule has 4 aromatic rings. The second-order valence-electron chi connectivity index (χ2n) is 7.90. The van der Waals surface area contributed by atoms with Crippen LogP contribution in [0.25, 0.3) is 11.1 Å².